The average Bonchev–Trinajstić information content (AvgIpc) is 2.65. The van der Waals surface area contributed by atoms with Gasteiger partial charge in [-0.05, 0) is 36.6 Å². The van der Waals surface area contributed by atoms with E-state index >= 15 is 0 Å². The van der Waals surface area contributed by atoms with Gasteiger partial charge in [0.15, 0.2) is 0 Å². The van der Waals surface area contributed by atoms with Crippen molar-refractivity contribution in [3.63, 3.8) is 0 Å². The number of methoxy groups -OCH3 is 1. The van der Waals surface area contributed by atoms with Crippen LogP contribution in [0.25, 0.3) is 0 Å². The van der Waals surface area contributed by atoms with E-state index in [4.69, 9.17) is 9.47 Å². The van der Waals surface area contributed by atoms with Crippen LogP contribution in [0.1, 0.15) is 30.9 Å². The molecule has 0 radical (unpaired) electrons. The van der Waals surface area contributed by atoms with Gasteiger partial charge in [-0.15, -0.1) is 0 Å². The molecule has 2 rings (SSSR count). The van der Waals surface area contributed by atoms with Gasteiger partial charge in [0.05, 0.1) is 18.6 Å². The van der Waals surface area contributed by atoms with Gasteiger partial charge in [0.25, 0.3) is 0 Å². The zero-order valence-corrected chi connectivity index (χ0v) is 14.0. The second kappa shape index (κ2) is 8.16. The number of hydrogen-bond donors (Lipinski definition) is 0. The van der Waals surface area contributed by atoms with Crippen molar-refractivity contribution in [3.8, 4) is 11.8 Å². The van der Waals surface area contributed by atoms with E-state index in [0.717, 1.165) is 16.9 Å². The van der Waals surface area contributed by atoms with Crippen molar-refractivity contribution in [2.24, 2.45) is 0 Å². The highest BCUT2D eigenvalue weighted by atomic mass is 16.5. The number of esters is 1. The van der Waals surface area contributed by atoms with Gasteiger partial charge >= 0.3 is 5.97 Å². The summed E-state index contributed by atoms with van der Waals surface area (Å²) in [7, 11) is 1.60. The molecule has 0 aliphatic rings. The first-order chi connectivity index (χ1) is 11.6. The fraction of sp³-hybridized carbons (Fsp3) is 0.300. The molecule has 0 unspecified atom stereocenters. The normalized spacial score (nSPS) is 12.7. The third-order valence-electron chi connectivity index (χ3n) is 4.05. The van der Waals surface area contributed by atoms with Crippen molar-refractivity contribution in [2.75, 3.05) is 7.11 Å². The van der Waals surface area contributed by atoms with E-state index < -0.39 is 5.41 Å². The van der Waals surface area contributed by atoms with Crippen LogP contribution in [0.2, 0.25) is 0 Å². The molecule has 0 bridgehead atoms. The highest BCUT2D eigenvalue weighted by molar-refractivity contribution is 5.69. The van der Waals surface area contributed by atoms with Crippen molar-refractivity contribution in [2.45, 2.75) is 31.8 Å². The molecule has 2 aromatic rings. The van der Waals surface area contributed by atoms with Crippen LogP contribution in [0.15, 0.2) is 54.6 Å². The van der Waals surface area contributed by atoms with Gasteiger partial charge in [-0.1, -0.05) is 42.5 Å². The Hall–Kier alpha value is -2.80. The van der Waals surface area contributed by atoms with Gasteiger partial charge in [-0.3, -0.25) is 4.79 Å². The lowest BCUT2D eigenvalue weighted by molar-refractivity contribution is -0.145. The first kappa shape index (κ1) is 17.6. The summed E-state index contributed by atoms with van der Waals surface area (Å²) >= 11 is 0. The maximum Gasteiger partial charge on any atom is 0.306 e. The largest absolute Gasteiger partial charge is 0.497 e. The summed E-state index contributed by atoms with van der Waals surface area (Å²) in [5.41, 5.74) is 1.07. The summed E-state index contributed by atoms with van der Waals surface area (Å²) in [5.74, 6) is 0.440. The van der Waals surface area contributed by atoms with Crippen LogP contribution in [0, 0.1) is 11.3 Å². The topological polar surface area (TPSA) is 59.3 Å². The number of benzene rings is 2. The van der Waals surface area contributed by atoms with Crippen molar-refractivity contribution < 1.29 is 14.3 Å². The van der Waals surface area contributed by atoms with Crippen LogP contribution >= 0.6 is 0 Å². The lowest BCUT2D eigenvalue weighted by Gasteiger charge is -2.22. The van der Waals surface area contributed by atoms with Crippen LogP contribution in [-0.2, 0) is 21.6 Å². The molecule has 0 heterocycles. The summed E-state index contributed by atoms with van der Waals surface area (Å²) in [6.07, 6.45) is 0.604. The predicted octanol–water partition coefficient (Wildman–Crippen LogP) is 4.00. The minimum Gasteiger partial charge on any atom is -0.497 e. The van der Waals surface area contributed by atoms with Crippen molar-refractivity contribution in [1.29, 1.82) is 5.26 Å². The molecule has 0 spiro atoms. The minimum absolute atomic E-state index is 0.197. The van der Waals surface area contributed by atoms with Gasteiger partial charge in [-0.2, -0.15) is 5.26 Å². The molecule has 4 heteroatoms. The fourth-order valence-electron chi connectivity index (χ4n) is 2.39. The molecule has 2 aromatic carbocycles. The summed E-state index contributed by atoms with van der Waals surface area (Å²) < 4.78 is 10.4. The molecule has 0 amide bonds. The van der Waals surface area contributed by atoms with Crippen molar-refractivity contribution in [1.82, 2.24) is 0 Å². The molecular formula is C20H21NO3. The summed E-state index contributed by atoms with van der Waals surface area (Å²) in [6, 6.07) is 19.2. The average molecular weight is 323 g/mol. The number of nitrogens with zero attached hydrogens (tertiary/aromatic N) is 1. The molecule has 0 saturated carbocycles. The molecular weight excluding hydrogens is 302 g/mol. The van der Waals surface area contributed by atoms with Crippen LogP contribution < -0.4 is 4.74 Å². The predicted molar refractivity (Wildman–Crippen MR) is 91.4 cm³/mol. The quantitative estimate of drug-likeness (QED) is 0.723. The lowest BCUT2D eigenvalue weighted by Crippen LogP contribution is -2.21. The maximum absolute atomic E-state index is 12.0. The standard InChI is InChI=1S/C20H21NO3/c1-20(15-21,17-8-10-18(23-2)11-9-17)13-12-19(22)24-14-16-6-4-3-5-7-16/h3-11H,12-14H2,1-2H3/t20-/m1/s1. The third kappa shape index (κ3) is 4.60. The zero-order valence-electron chi connectivity index (χ0n) is 14.0. The summed E-state index contributed by atoms with van der Waals surface area (Å²) in [5, 5.41) is 9.55. The van der Waals surface area contributed by atoms with Gasteiger partial charge in [0.2, 0.25) is 0 Å². The van der Waals surface area contributed by atoms with Gasteiger partial charge < -0.3 is 9.47 Å². The first-order valence-corrected chi connectivity index (χ1v) is 7.83. The summed E-state index contributed by atoms with van der Waals surface area (Å²) in [6.45, 7) is 2.09. The molecule has 0 N–H and O–H groups in total. The SMILES string of the molecule is COc1ccc([C@@](C)(C#N)CCC(=O)OCc2ccccc2)cc1. The van der Waals surface area contributed by atoms with E-state index in [9.17, 15) is 10.1 Å². The second-order valence-corrected chi connectivity index (χ2v) is 5.82. The van der Waals surface area contributed by atoms with E-state index in [1.807, 2.05) is 61.5 Å². The van der Waals surface area contributed by atoms with E-state index in [2.05, 4.69) is 6.07 Å². The molecule has 124 valence electrons. The Labute approximate surface area is 142 Å². The molecule has 24 heavy (non-hydrogen) atoms. The number of ether oxygens (including phenoxy) is 2. The van der Waals surface area contributed by atoms with E-state index in [1.54, 1.807) is 7.11 Å². The Morgan fingerprint density at radius 1 is 1.12 bits per heavy atom. The van der Waals surface area contributed by atoms with E-state index in [1.165, 1.54) is 0 Å². The Bertz CT molecular complexity index is 704. The number of hydrogen-bond acceptors (Lipinski definition) is 4. The Balaban J connectivity index is 1.92. The molecule has 1 atom stereocenters. The fourth-order valence-corrected chi connectivity index (χ4v) is 2.39. The molecule has 4 nitrogen and oxygen atoms in total. The van der Waals surface area contributed by atoms with Crippen LogP contribution in [-0.4, -0.2) is 13.1 Å². The Kier molecular flexibility index (Phi) is 5.97. The van der Waals surface area contributed by atoms with Gasteiger partial charge in [-0.25, -0.2) is 0 Å². The van der Waals surface area contributed by atoms with E-state index in [0.29, 0.717) is 6.42 Å². The molecule has 0 fully saturated rings. The molecule has 0 aromatic heterocycles. The van der Waals surface area contributed by atoms with Gasteiger partial charge in [0.1, 0.15) is 12.4 Å². The maximum atomic E-state index is 12.0. The summed E-state index contributed by atoms with van der Waals surface area (Å²) in [4.78, 5) is 12.0. The number of nitriles is 1. The van der Waals surface area contributed by atoms with Crippen LogP contribution in [0.4, 0.5) is 0 Å². The monoisotopic (exact) mass is 323 g/mol. The molecule has 0 saturated heterocycles. The number of rotatable bonds is 7. The third-order valence-corrected chi connectivity index (χ3v) is 4.05. The van der Waals surface area contributed by atoms with Crippen molar-refractivity contribution >= 4 is 5.97 Å². The number of carbonyl (C=O) groups is 1. The van der Waals surface area contributed by atoms with Crippen LogP contribution in [0.5, 0.6) is 5.75 Å². The Morgan fingerprint density at radius 2 is 1.79 bits per heavy atom. The first-order valence-electron chi connectivity index (χ1n) is 7.83. The molecule has 0 aliphatic carbocycles. The second-order valence-electron chi connectivity index (χ2n) is 5.82. The van der Waals surface area contributed by atoms with E-state index in [-0.39, 0.29) is 19.0 Å². The Morgan fingerprint density at radius 3 is 2.38 bits per heavy atom. The van der Waals surface area contributed by atoms with Crippen LogP contribution in [0.3, 0.4) is 0 Å². The minimum atomic E-state index is -0.738. The molecule has 0 aliphatic heterocycles. The highest BCUT2D eigenvalue weighted by Crippen LogP contribution is 2.30. The smallest absolute Gasteiger partial charge is 0.306 e. The van der Waals surface area contributed by atoms with Gasteiger partial charge in [0, 0.05) is 6.42 Å². The number of carbonyl (C=O) groups excluding carboxylic acids is 1. The zero-order chi connectivity index (χ0) is 17.4. The van der Waals surface area contributed by atoms with Crippen molar-refractivity contribution in [3.05, 3.63) is 65.7 Å². The highest BCUT2D eigenvalue weighted by Gasteiger charge is 2.27. The lowest BCUT2D eigenvalue weighted by atomic mass is 9.80.